The van der Waals surface area contributed by atoms with Gasteiger partial charge < -0.3 is 14.5 Å². The Labute approximate surface area is 108 Å². The van der Waals surface area contributed by atoms with Gasteiger partial charge in [0.1, 0.15) is 5.76 Å². The van der Waals surface area contributed by atoms with E-state index in [1.165, 1.54) is 0 Å². The van der Waals surface area contributed by atoms with Gasteiger partial charge >= 0.3 is 0 Å². The Morgan fingerprint density at radius 3 is 2.50 bits per heavy atom. The minimum absolute atomic E-state index is 0.0176. The van der Waals surface area contributed by atoms with E-state index in [1.807, 2.05) is 27.7 Å². The largest absolute Gasteiger partial charge is 0.394 e. The van der Waals surface area contributed by atoms with Gasteiger partial charge in [-0.3, -0.25) is 4.79 Å². The number of aromatic nitrogens is 1. The molecule has 0 aromatic carbocycles. The van der Waals surface area contributed by atoms with Gasteiger partial charge in [0.05, 0.1) is 18.3 Å². The molecule has 0 aliphatic rings. The SMILES string of the molecule is Cc1noc(C)c1C(C)CC(=O)N(C)C(C)CO. The van der Waals surface area contributed by atoms with Crippen LogP contribution < -0.4 is 0 Å². The second kappa shape index (κ2) is 6.00. The van der Waals surface area contributed by atoms with Crippen LogP contribution in [0.3, 0.4) is 0 Å². The van der Waals surface area contributed by atoms with E-state index in [0.717, 1.165) is 17.0 Å². The molecule has 1 rings (SSSR count). The maximum Gasteiger partial charge on any atom is 0.223 e. The summed E-state index contributed by atoms with van der Waals surface area (Å²) in [6.07, 6.45) is 0.393. The van der Waals surface area contributed by atoms with E-state index in [9.17, 15) is 4.79 Å². The molecule has 0 radical (unpaired) electrons. The highest BCUT2D eigenvalue weighted by Gasteiger charge is 2.22. The number of carbonyl (C=O) groups is 1. The number of hydrogen-bond acceptors (Lipinski definition) is 4. The smallest absolute Gasteiger partial charge is 0.223 e. The van der Waals surface area contributed by atoms with Gasteiger partial charge in [-0.1, -0.05) is 12.1 Å². The highest BCUT2D eigenvalue weighted by Crippen LogP contribution is 2.26. The van der Waals surface area contributed by atoms with Gasteiger partial charge in [-0.15, -0.1) is 0 Å². The summed E-state index contributed by atoms with van der Waals surface area (Å²) in [6.45, 7) is 7.52. The lowest BCUT2D eigenvalue weighted by molar-refractivity contribution is -0.132. The Morgan fingerprint density at radius 2 is 2.06 bits per heavy atom. The minimum Gasteiger partial charge on any atom is -0.394 e. The van der Waals surface area contributed by atoms with Crippen molar-refractivity contribution < 1.29 is 14.4 Å². The molecular formula is C13H22N2O3. The molecule has 18 heavy (non-hydrogen) atoms. The monoisotopic (exact) mass is 254 g/mol. The molecule has 0 aliphatic carbocycles. The van der Waals surface area contributed by atoms with Crippen molar-refractivity contribution in [2.75, 3.05) is 13.7 Å². The quantitative estimate of drug-likeness (QED) is 0.867. The average molecular weight is 254 g/mol. The second-order valence-electron chi connectivity index (χ2n) is 4.88. The van der Waals surface area contributed by atoms with Gasteiger partial charge in [0.15, 0.2) is 0 Å². The lowest BCUT2D eigenvalue weighted by Gasteiger charge is -2.24. The molecule has 0 spiro atoms. The second-order valence-corrected chi connectivity index (χ2v) is 4.88. The number of aliphatic hydroxyl groups excluding tert-OH is 1. The first kappa shape index (κ1) is 14.7. The van der Waals surface area contributed by atoms with Crippen molar-refractivity contribution in [1.29, 1.82) is 0 Å². The first-order chi connectivity index (χ1) is 8.38. The van der Waals surface area contributed by atoms with Crippen molar-refractivity contribution in [3.63, 3.8) is 0 Å². The van der Waals surface area contributed by atoms with E-state index >= 15 is 0 Å². The highest BCUT2D eigenvalue weighted by atomic mass is 16.5. The zero-order valence-corrected chi connectivity index (χ0v) is 11.7. The molecule has 5 heteroatoms. The molecule has 5 nitrogen and oxygen atoms in total. The van der Waals surface area contributed by atoms with Crippen molar-refractivity contribution in [3.05, 3.63) is 17.0 Å². The zero-order chi connectivity index (χ0) is 13.9. The molecule has 0 aliphatic heterocycles. The number of nitrogens with zero attached hydrogens (tertiary/aromatic N) is 2. The molecule has 1 amide bonds. The van der Waals surface area contributed by atoms with Crippen LogP contribution in [0.25, 0.3) is 0 Å². The lowest BCUT2D eigenvalue weighted by Crippen LogP contribution is -2.37. The molecule has 0 saturated carbocycles. The molecule has 2 unspecified atom stereocenters. The molecule has 0 saturated heterocycles. The number of carbonyl (C=O) groups excluding carboxylic acids is 1. The van der Waals surface area contributed by atoms with Crippen LogP contribution in [0.2, 0.25) is 0 Å². The van der Waals surface area contributed by atoms with Crippen molar-refractivity contribution in [2.24, 2.45) is 0 Å². The Hall–Kier alpha value is -1.36. The molecule has 1 aromatic rings. The van der Waals surface area contributed by atoms with E-state index in [4.69, 9.17) is 9.63 Å². The number of likely N-dealkylation sites (N-methyl/N-ethyl adjacent to an activating group) is 1. The fraction of sp³-hybridized carbons (Fsp3) is 0.692. The van der Waals surface area contributed by atoms with Crippen molar-refractivity contribution in [2.45, 2.75) is 46.1 Å². The van der Waals surface area contributed by atoms with Gasteiger partial charge in [-0.05, 0) is 26.7 Å². The van der Waals surface area contributed by atoms with Crippen LogP contribution in [-0.4, -0.2) is 40.8 Å². The van der Waals surface area contributed by atoms with E-state index < -0.39 is 0 Å². The first-order valence-electron chi connectivity index (χ1n) is 6.17. The van der Waals surface area contributed by atoms with Gasteiger partial charge in [0.25, 0.3) is 0 Å². The van der Waals surface area contributed by atoms with Crippen LogP contribution in [0.1, 0.15) is 43.2 Å². The van der Waals surface area contributed by atoms with Gasteiger partial charge in [0, 0.05) is 19.0 Å². The summed E-state index contributed by atoms with van der Waals surface area (Å²) in [7, 11) is 1.71. The molecule has 1 N–H and O–H groups in total. The van der Waals surface area contributed by atoms with Crippen molar-refractivity contribution in [3.8, 4) is 0 Å². The summed E-state index contributed by atoms with van der Waals surface area (Å²) < 4.78 is 5.11. The highest BCUT2D eigenvalue weighted by molar-refractivity contribution is 5.77. The van der Waals surface area contributed by atoms with Crippen LogP contribution in [0.4, 0.5) is 0 Å². The topological polar surface area (TPSA) is 66.6 Å². The third-order valence-electron chi connectivity index (χ3n) is 3.38. The summed E-state index contributed by atoms with van der Waals surface area (Å²) >= 11 is 0. The normalized spacial score (nSPS) is 14.3. The molecule has 1 aromatic heterocycles. The van der Waals surface area contributed by atoms with Crippen LogP contribution in [0.15, 0.2) is 4.52 Å². The maximum atomic E-state index is 12.0. The summed E-state index contributed by atoms with van der Waals surface area (Å²) in [5.74, 6) is 0.854. The number of rotatable bonds is 5. The molecule has 0 bridgehead atoms. The molecule has 2 atom stereocenters. The van der Waals surface area contributed by atoms with Crippen LogP contribution >= 0.6 is 0 Å². The predicted molar refractivity (Wildman–Crippen MR) is 68.3 cm³/mol. The number of hydrogen-bond donors (Lipinski definition) is 1. The van der Waals surface area contributed by atoms with E-state index in [-0.39, 0.29) is 24.5 Å². The van der Waals surface area contributed by atoms with Crippen LogP contribution in [0, 0.1) is 13.8 Å². The van der Waals surface area contributed by atoms with E-state index in [2.05, 4.69) is 5.16 Å². The summed E-state index contributed by atoms with van der Waals surface area (Å²) in [6, 6.07) is -0.158. The molecule has 0 fully saturated rings. The minimum atomic E-state index is -0.158. The number of aryl methyl sites for hydroxylation is 2. The van der Waals surface area contributed by atoms with Gasteiger partial charge in [-0.25, -0.2) is 0 Å². The zero-order valence-electron chi connectivity index (χ0n) is 11.7. The Morgan fingerprint density at radius 1 is 1.44 bits per heavy atom. The Bertz CT molecular complexity index is 395. The number of amides is 1. The third-order valence-corrected chi connectivity index (χ3v) is 3.38. The van der Waals surface area contributed by atoms with Crippen LogP contribution in [0.5, 0.6) is 0 Å². The molecule has 102 valence electrons. The van der Waals surface area contributed by atoms with Crippen molar-refractivity contribution in [1.82, 2.24) is 10.1 Å². The summed E-state index contributed by atoms with van der Waals surface area (Å²) in [4.78, 5) is 13.6. The molecular weight excluding hydrogens is 232 g/mol. The first-order valence-corrected chi connectivity index (χ1v) is 6.17. The van der Waals surface area contributed by atoms with Crippen molar-refractivity contribution >= 4 is 5.91 Å². The average Bonchev–Trinajstić information content (AvgIpc) is 2.66. The van der Waals surface area contributed by atoms with Crippen LogP contribution in [-0.2, 0) is 4.79 Å². The van der Waals surface area contributed by atoms with Gasteiger partial charge in [0.2, 0.25) is 5.91 Å². The predicted octanol–water partition coefficient (Wildman–Crippen LogP) is 1.62. The number of aliphatic hydroxyl groups is 1. The lowest BCUT2D eigenvalue weighted by atomic mass is 9.95. The molecule has 1 heterocycles. The summed E-state index contributed by atoms with van der Waals surface area (Å²) in [5, 5.41) is 12.9. The summed E-state index contributed by atoms with van der Waals surface area (Å²) in [5.41, 5.74) is 1.85. The Balaban J connectivity index is 2.71. The fourth-order valence-corrected chi connectivity index (χ4v) is 2.07. The standard InChI is InChI=1S/C13H22N2O3/c1-8(13-10(3)14-18-11(13)4)6-12(17)15(5)9(2)7-16/h8-9,16H,6-7H2,1-5H3. The maximum absolute atomic E-state index is 12.0. The van der Waals surface area contributed by atoms with E-state index in [1.54, 1.807) is 11.9 Å². The fourth-order valence-electron chi connectivity index (χ4n) is 2.07. The third kappa shape index (κ3) is 3.10. The Kier molecular flexibility index (Phi) is 4.90. The van der Waals surface area contributed by atoms with E-state index in [0.29, 0.717) is 6.42 Å². The van der Waals surface area contributed by atoms with Gasteiger partial charge in [-0.2, -0.15) is 0 Å².